The fourth-order valence-corrected chi connectivity index (χ4v) is 16.9. The highest BCUT2D eigenvalue weighted by Gasteiger charge is 2.62. The summed E-state index contributed by atoms with van der Waals surface area (Å²) in [5.41, 5.74) is 0. The molecule has 0 spiro atoms. The van der Waals surface area contributed by atoms with Crippen LogP contribution in [0.4, 0.5) is 0 Å². The molecule has 10 rings (SSSR count). The normalized spacial score (nSPS) is 47.6. The monoisotopic (exact) mass is 1950 g/mol. The Labute approximate surface area is 753 Å². The second-order valence-electron chi connectivity index (χ2n) is 33.6. The summed E-state index contributed by atoms with van der Waals surface area (Å²) in [5, 5.41) is 356. The second-order valence-corrected chi connectivity index (χ2v) is 33.6. The Morgan fingerprint density at radius 1 is 0.278 bits per heavy atom. The third-order valence-corrected chi connectivity index (χ3v) is 24.2. The highest BCUT2D eigenvalue weighted by atomic mass is 16.8. The van der Waals surface area contributed by atoms with Gasteiger partial charge in [0.1, 0.15) is 256 Å². The van der Waals surface area contributed by atoms with Gasteiger partial charge < -0.3 is 274 Å². The van der Waals surface area contributed by atoms with Crippen LogP contribution in [-0.2, 0) is 114 Å². The van der Waals surface area contributed by atoms with Crippen LogP contribution in [-0.4, -0.2) is 586 Å². The lowest BCUT2D eigenvalue weighted by molar-refractivity contribution is -0.400. The summed E-state index contributed by atoms with van der Waals surface area (Å²) < 4.78 is 118. The van der Waals surface area contributed by atoms with Crippen LogP contribution in [0.25, 0.3) is 0 Å². The van der Waals surface area contributed by atoms with Crippen molar-refractivity contribution in [1.82, 2.24) is 21.3 Å². The predicted molar refractivity (Wildman–Crippen MR) is 410 cm³/mol. The van der Waals surface area contributed by atoms with Crippen molar-refractivity contribution in [1.29, 1.82) is 0 Å². The highest BCUT2D eigenvalue weighted by Crippen LogP contribution is 2.41. The minimum absolute atomic E-state index is 0.873. The van der Waals surface area contributed by atoms with E-state index >= 15 is 0 Å². The molecular formula is C74H126N4O55. The van der Waals surface area contributed by atoms with Gasteiger partial charge in [-0.05, 0) is 6.92 Å². The average Bonchev–Trinajstić information content (AvgIpc) is 0.767. The summed E-state index contributed by atoms with van der Waals surface area (Å²) >= 11 is 0. The molecular weight excluding hydrogens is 1820 g/mol. The molecule has 0 bridgehead atoms. The van der Waals surface area contributed by atoms with Gasteiger partial charge in [0.2, 0.25) is 23.6 Å². The van der Waals surface area contributed by atoms with Crippen molar-refractivity contribution < 1.29 is 272 Å². The van der Waals surface area contributed by atoms with Gasteiger partial charge >= 0.3 is 0 Å². The van der Waals surface area contributed by atoms with E-state index in [2.05, 4.69) is 21.3 Å². The molecule has 10 aliphatic rings. The standard InChI is InChI=1S/C74H126N4O55/c1-17-36(93)47(104)52(109)68(116-17)114-15-23(92)57(37(94)22(6-79)75-18(2)88)126-65-33(76-19(3)89)44(101)60(30(13-86)122-65)129-72-56(113)62(43(100)32(125-72)16-115-73-63(50(107)40(97)26(9-82)120-73)132-66-34(77-20(4)90)45(102)58(29(12-85)123-66)127-69-53(110)48(105)38(95)24(7-80)117-69)131-74-64(51(108)41(98)27(10-83)121-74)133-67-35(78-21(5)91)46(103)59(31(14-87)124-67)128-71-55(112)61(42(99)28(11-84)119-71)130-70-54(111)49(106)39(96)25(8-81)118-70/h17,22-74,79-87,92-113H,6-16H2,1-5H3,(H,75,88)(H,76,89)(H,77,90)(H,78,91)/t17-,22-,23+,24+,25+,26+,27+,28+,29+,30+,31+,32+,33+,34+,35+,36+,37+,38-,39-,40+,41+,42-,43+,44+,45+,46+,47+,48-,49-,50-,51-,52-,53+,54+,55+,56-,57+,58+,59+,60+,61-,62-,63-,64-,65-,66-,67-,68+,69-,70+,71-,72-,73-,74+/m0/s1. The third kappa shape index (κ3) is 25.1. The van der Waals surface area contributed by atoms with Crippen molar-refractivity contribution in [2.45, 2.75) is 366 Å². The van der Waals surface area contributed by atoms with E-state index in [-0.39, 0.29) is 0 Å². The molecule has 10 heterocycles. The topological polar surface area (TPSA) is 928 Å². The number of hydrogen-bond donors (Lipinski definition) is 35. The molecule has 772 valence electrons. The Morgan fingerprint density at radius 3 is 0.970 bits per heavy atom. The maximum atomic E-state index is 13.3. The van der Waals surface area contributed by atoms with E-state index in [4.69, 9.17) is 94.7 Å². The molecule has 0 aromatic heterocycles. The molecule has 54 atom stereocenters. The van der Waals surface area contributed by atoms with Gasteiger partial charge in [0.15, 0.2) is 62.9 Å². The van der Waals surface area contributed by atoms with E-state index < -0.39 is 428 Å². The SMILES string of the molecule is CC(=O)N[C@H]1[C@H](O[C@@H]([C@H](O)[C@H](CO)NC(C)=O)[C@H](O)CO[C@@H]2O[C@@H](C)[C@@H](O)[C@@H](O)[C@@H]2O)O[C@H](CO)[C@@H](O[C@@H]2O[C@H](CO[C@H]3O[C@H](CO)[C@@H](O)[C@H](O)[C@@H]3O[C@@H]3O[C@H](CO)[C@@H](O[C@@H]4O[C@H](CO)[C@H](O)[C@H](O)[C@H]4O)[C@H](O)[C@H]3NC(C)=O)[C@@H](O)[C@H](O[C@H]3O[C@H](CO)[C@@H](O)[C@H](O)[C@@H]3O[C@@H]3O[C@H](CO)[C@@H](O[C@@H]4O[C@H](CO)[C@H](O)[C@H](O[C@H]5O[C@H](CO)[C@H](O)[C@H](O)[C@H]5O)[C@H]4O)[C@H](O)[C@H]3NC(C)=O)[C@@H]2O)[C@@H]1O. The fraction of sp³-hybridized carbons (Fsp3) is 0.946. The smallest absolute Gasteiger partial charge is 0.217 e. The molecule has 10 saturated heterocycles. The van der Waals surface area contributed by atoms with Crippen molar-refractivity contribution in [3.63, 3.8) is 0 Å². The summed E-state index contributed by atoms with van der Waals surface area (Å²) in [7, 11) is 0. The van der Waals surface area contributed by atoms with Crippen LogP contribution in [0.5, 0.6) is 0 Å². The van der Waals surface area contributed by atoms with Crippen LogP contribution in [0.1, 0.15) is 34.6 Å². The van der Waals surface area contributed by atoms with E-state index in [9.17, 15) is 177 Å². The van der Waals surface area contributed by atoms with Gasteiger partial charge in [-0.3, -0.25) is 19.2 Å². The van der Waals surface area contributed by atoms with Crippen molar-refractivity contribution in [2.24, 2.45) is 0 Å². The van der Waals surface area contributed by atoms with Gasteiger partial charge in [0.05, 0.1) is 84.8 Å². The lowest BCUT2D eigenvalue weighted by Crippen LogP contribution is -2.70. The molecule has 4 amide bonds. The summed E-state index contributed by atoms with van der Waals surface area (Å²) in [5.74, 6) is -3.95. The van der Waals surface area contributed by atoms with E-state index in [0.717, 1.165) is 27.7 Å². The van der Waals surface area contributed by atoms with Crippen molar-refractivity contribution >= 4 is 23.6 Å². The second kappa shape index (κ2) is 49.0. The van der Waals surface area contributed by atoms with Gasteiger partial charge in [0.25, 0.3) is 0 Å². The van der Waals surface area contributed by atoms with Crippen LogP contribution < -0.4 is 21.3 Å². The minimum Gasteiger partial charge on any atom is -0.394 e. The number of amides is 4. The molecule has 35 N–H and O–H groups in total. The van der Waals surface area contributed by atoms with Crippen molar-refractivity contribution in [3.05, 3.63) is 0 Å². The molecule has 0 saturated carbocycles. The number of nitrogens with one attached hydrogen (secondary N) is 4. The van der Waals surface area contributed by atoms with Gasteiger partial charge in [-0.1, -0.05) is 0 Å². The van der Waals surface area contributed by atoms with E-state index in [1.54, 1.807) is 0 Å². The Balaban J connectivity index is 0.985. The zero-order valence-corrected chi connectivity index (χ0v) is 71.6. The zero-order valence-electron chi connectivity index (χ0n) is 71.6. The summed E-state index contributed by atoms with van der Waals surface area (Å²) in [4.78, 5) is 51.9. The Morgan fingerprint density at radius 2 is 0.579 bits per heavy atom. The fourth-order valence-electron chi connectivity index (χ4n) is 16.9. The van der Waals surface area contributed by atoms with Crippen molar-refractivity contribution in [2.75, 3.05) is 72.7 Å². The molecule has 0 unspecified atom stereocenters. The Kier molecular flexibility index (Phi) is 40.8. The first-order valence-electron chi connectivity index (χ1n) is 42.4. The molecule has 0 aromatic carbocycles. The van der Waals surface area contributed by atoms with Gasteiger partial charge in [-0.25, -0.2) is 0 Å². The number of carbonyl (C=O) groups excluding carboxylic acids is 4. The molecule has 10 aliphatic heterocycles. The number of rotatable bonds is 38. The lowest BCUT2D eigenvalue weighted by atomic mass is 9.94. The molecule has 0 aliphatic carbocycles. The van der Waals surface area contributed by atoms with Gasteiger partial charge in [-0.2, -0.15) is 0 Å². The molecule has 59 nitrogen and oxygen atoms in total. The predicted octanol–water partition coefficient (Wildman–Crippen LogP) is -23.7. The van der Waals surface area contributed by atoms with Gasteiger partial charge in [-0.15, -0.1) is 0 Å². The summed E-state index contributed by atoms with van der Waals surface area (Å²) in [6.45, 7) is -7.81. The van der Waals surface area contributed by atoms with Crippen molar-refractivity contribution in [3.8, 4) is 0 Å². The van der Waals surface area contributed by atoms with E-state index in [1.165, 1.54) is 6.92 Å². The quantitative estimate of drug-likeness (QED) is 0.0273. The average molecular weight is 1950 g/mol. The Bertz CT molecular complexity index is 3580. The van der Waals surface area contributed by atoms with E-state index in [1.807, 2.05) is 0 Å². The number of carbonyl (C=O) groups is 4. The number of ether oxygens (including phenoxy) is 20. The number of aliphatic hydroxyl groups excluding tert-OH is 31. The third-order valence-electron chi connectivity index (χ3n) is 24.2. The summed E-state index contributed by atoms with van der Waals surface area (Å²) in [6, 6.07) is -7.95. The molecule has 0 radical (unpaired) electrons. The highest BCUT2D eigenvalue weighted by molar-refractivity contribution is 5.74. The molecule has 0 aromatic rings. The summed E-state index contributed by atoms with van der Waals surface area (Å²) in [6.07, 6.45) is -107. The maximum absolute atomic E-state index is 13.3. The zero-order chi connectivity index (χ0) is 98.2. The van der Waals surface area contributed by atoms with E-state index in [0.29, 0.717) is 0 Å². The van der Waals surface area contributed by atoms with Crippen LogP contribution in [0.3, 0.4) is 0 Å². The first-order valence-corrected chi connectivity index (χ1v) is 42.4. The Hall–Kier alpha value is -4.16. The largest absolute Gasteiger partial charge is 0.394 e. The first kappa shape index (κ1) is 111. The molecule has 59 heteroatoms. The maximum Gasteiger partial charge on any atom is 0.217 e. The molecule has 10 fully saturated rings. The lowest BCUT2D eigenvalue weighted by Gasteiger charge is -2.51. The molecule has 133 heavy (non-hydrogen) atoms. The number of hydrogen-bond acceptors (Lipinski definition) is 55. The minimum atomic E-state index is -2.70. The number of aliphatic hydroxyl groups is 31. The van der Waals surface area contributed by atoms with Gasteiger partial charge in [0, 0.05) is 27.7 Å². The van der Waals surface area contributed by atoms with Crippen LogP contribution in [0.2, 0.25) is 0 Å². The van der Waals surface area contributed by atoms with Crippen LogP contribution in [0.15, 0.2) is 0 Å². The van der Waals surface area contributed by atoms with Crippen LogP contribution in [0, 0.1) is 0 Å². The first-order chi connectivity index (χ1) is 62.9. The van der Waals surface area contributed by atoms with Crippen LogP contribution >= 0.6 is 0 Å².